The summed E-state index contributed by atoms with van der Waals surface area (Å²) in [6, 6.07) is 0. The Hall–Kier alpha value is 6.54. The minimum Gasteiger partial charge on any atom is -0.0676 e. The van der Waals surface area contributed by atoms with Gasteiger partial charge in [-0.15, -0.1) is 0 Å². The molecule has 0 aliphatic rings. The molecule has 14 heavy (non-hydrogen) atoms. The molecule has 0 heterocycles. The second kappa shape index (κ2) is 9.54. The lowest BCUT2D eigenvalue weighted by Gasteiger charge is -2.27. The van der Waals surface area contributed by atoms with Gasteiger partial charge in [-0.2, -0.15) is 0 Å². The third-order valence-corrected chi connectivity index (χ3v) is 27.3. The molecule has 0 rings (SSSR count). The van der Waals surface area contributed by atoms with Crippen LogP contribution >= 0.6 is 202 Å². The fourth-order valence-corrected chi connectivity index (χ4v) is 8.63. The largest absolute Gasteiger partial charge is 0.149 e. The van der Waals surface area contributed by atoms with Gasteiger partial charge in [0.2, 0.25) is 0 Å². The van der Waals surface area contributed by atoms with Crippen LogP contribution in [0, 0.1) is 0 Å². The predicted molar refractivity (Wildman–Crippen MR) is 140 cm³/mol. The van der Waals surface area contributed by atoms with Crippen LogP contribution in [0.1, 0.15) is 0 Å². The molecule has 86 valence electrons. The topological polar surface area (TPSA) is 0 Å². The van der Waals surface area contributed by atoms with Crippen molar-refractivity contribution < 1.29 is 0 Å². The van der Waals surface area contributed by atoms with E-state index in [1.807, 2.05) is 21.6 Å². The van der Waals surface area contributed by atoms with Gasteiger partial charge in [0.1, 0.15) is 1.52 Å². The molecule has 0 radical (unpaired) electrons. The average Bonchev–Trinajstić information content (AvgIpc) is 2.01. The van der Waals surface area contributed by atoms with Gasteiger partial charge < -0.3 is 0 Å². The molecule has 10 heteroatoms. The molecule has 0 saturated heterocycles. The first-order valence-electron chi connectivity index (χ1n) is 2.78. The summed E-state index contributed by atoms with van der Waals surface area (Å²) in [6.45, 7) is 0. The molecule has 0 nitrogen and oxygen atoms in total. The van der Waals surface area contributed by atoms with Crippen molar-refractivity contribution >= 4 is 202 Å². The van der Waals surface area contributed by atoms with E-state index in [0.717, 1.165) is 0 Å². The van der Waals surface area contributed by atoms with E-state index >= 15 is 0 Å². The van der Waals surface area contributed by atoms with Gasteiger partial charge in [-0.05, 0) is 0 Å². The maximum absolute atomic E-state index is 2.53. The van der Waals surface area contributed by atoms with Crippen molar-refractivity contribution in [2.24, 2.45) is 0 Å². The van der Waals surface area contributed by atoms with E-state index in [2.05, 4.69) is 181 Å². The van der Waals surface area contributed by atoms with Crippen molar-refractivity contribution in [3.05, 3.63) is 0 Å². The van der Waals surface area contributed by atoms with E-state index in [1.54, 1.807) is 0 Å². The summed E-state index contributed by atoms with van der Waals surface area (Å²) in [6.07, 6.45) is 0. The second-order valence-corrected chi connectivity index (χ2v) is 28.1. The van der Waals surface area contributed by atoms with Gasteiger partial charge in [-0.1, -0.05) is 202 Å². The van der Waals surface area contributed by atoms with Crippen molar-refractivity contribution in [3.8, 4) is 0 Å². The molecule has 0 aromatic rings. The van der Waals surface area contributed by atoms with E-state index in [9.17, 15) is 0 Å². The maximum atomic E-state index is 2.53. The molecule has 0 aromatic carbocycles. The van der Waals surface area contributed by atoms with Crippen molar-refractivity contribution in [1.82, 2.24) is 0 Å². The highest BCUT2D eigenvalue weighted by Crippen LogP contribution is 2.62. The van der Waals surface area contributed by atoms with Gasteiger partial charge >= 0.3 is 0 Å². The highest BCUT2D eigenvalue weighted by atomic mass is 127. The number of halogens is 8. The molecule has 0 saturated carbocycles. The normalized spacial score (nSPS) is 14.1. The van der Waals surface area contributed by atoms with Crippen molar-refractivity contribution in [2.45, 2.75) is 5.38 Å². The van der Waals surface area contributed by atoms with Gasteiger partial charge in [0.15, 0.2) is 0 Å². The van der Waals surface area contributed by atoms with Gasteiger partial charge in [0, 0.05) is 0 Å². The van der Waals surface area contributed by atoms with E-state index in [4.69, 9.17) is 0 Å². The zero-order chi connectivity index (χ0) is 11.6. The Kier molecular flexibility index (Phi) is 14.0. The first-order chi connectivity index (χ1) is 6.09. The Labute approximate surface area is 202 Å². The van der Waals surface area contributed by atoms with Crippen LogP contribution < -0.4 is 0 Å². The quantitative estimate of drug-likeness (QED) is 0.157. The lowest BCUT2D eigenvalue weighted by molar-refractivity contribution is 1.47. The summed E-state index contributed by atoms with van der Waals surface area (Å²) in [4.78, 5) is 0. The van der Waals surface area contributed by atoms with E-state index < -0.39 is 0 Å². The number of rotatable bonds is 5. The highest BCUT2D eigenvalue weighted by molar-refractivity contribution is 14.2. The zero-order valence-electron chi connectivity index (χ0n) is 5.99. The number of alkyl halides is 8. The predicted octanol–water partition coefficient (Wildman–Crippen LogP) is 7.81. The van der Waals surface area contributed by atoms with Crippen LogP contribution in [0.25, 0.3) is 0 Å². The van der Waals surface area contributed by atoms with E-state index in [-0.39, 0.29) is 1.52 Å². The van der Waals surface area contributed by atoms with Gasteiger partial charge in [0.05, 0.1) is 3.86 Å². The van der Waals surface area contributed by atoms with Crippen LogP contribution in [0.5, 0.6) is 0 Å². The standard InChI is InChI=1S/C4H2I8S2/c5-1(6)3(9,10)13-14-4(11,12)2(7)8/h1-2H. The molecule has 0 unspecified atom stereocenters. The summed E-state index contributed by atoms with van der Waals surface area (Å²) in [7, 11) is 3.94. The average molecular weight is 1130 g/mol. The molecule has 0 aliphatic heterocycles. The lowest BCUT2D eigenvalue weighted by atomic mass is 11.0. The SMILES string of the molecule is IC(I)C(I)(I)SSC(I)(I)C(I)I. The van der Waals surface area contributed by atoms with Gasteiger partial charge in [-0.25, -0.2) is 0 Å². The van der Waals surface area contributed by atoms with Crippen LogP contribution in [-0.2, 0) is 0 Å². The molecule has 0 aromatic heterocycles. The van der Waals surface area contributed by atoms with Gasteiger partial charge in [0.25, 0.3) is 0 Å². The summed E-state index contributed by atoms with van der Waals surface area (Å²) in [5.41, 5.74) is 0. The molecule has 0 N–H and O–H groups in total. The Morgan fingerprint density at radius 2 is 0.857 bits per heavy atom. The molecular formula is C4H2I8S2. The minimum atomic E-state index is 0.269. The Morgan fingerprint density at radius 1 is 0.643 bits per heavy atom. The van der Waals surface area contributed by atoms with E-state index in [1.165, 1.54) is 0 Å². The molecule has 0 atom stereocenters. The highest BCUT2D eigenvalue weighted by Gasteiger charge is 2.37. The second-order valence-electron chi connectivity index (χ2n) is 1.89. The maximum Gasteiger partial charge on any atom is 0.149 e. The Bertz CT molecular complexity index is 160. The van der Waals surface area contributed by atoms with Crippen molar-refractivity contribution in [3.63, 3.8) is 0 Å². The first kappa shape index (κ1) is 20.5. The fraction of sp³-hybridized carbons (Fsp3) is 1.00. The summed E-state index contributed by atoms with van der Waals surface area (Å²) < 4.78 is 1.79. The number of hydrogen-bond donors (Lipinski definition) is 0. The van der Waals surface area contributed by atoms with E-state index in [0.29, 0.717) is 3.86 Å². The Balaban J connectivity index is 4.18. The summed E-state index contributed by atoms with van der Waals surface area (Å²) >= 11 is 20.1. The van der Waals surface area contributed by atoms with Crippen molar-refractivity contribution in [1.29, 1.82) is 0 Å². The van der Waals surface area contributed by atoms with Crippen LogP contribution in [0.4, 0.5) is 0 Å². The van der Waals surface area contributed by atoms with Crippen molar-refractivity contribution in [2.75, 3.05) is 0 Å². The molecule has 0 fully saturated rings. The van der Waals surface area contributed by atoms with Crippen LogP contribution in [0.2, 0.25) is 0 Å². The molecular weight excluding hydrogens is 1130 g/mol. The molecule has 0 spiro atoms. The Morgan fingerprint density at radius 3 is 1.00 bits per heavy atom. The minimum absolute atomic E-state index is 0.269. The first-order valence-corrected chi connectivity index (χ1v) is 14.2. The molecule has 0 amide bonds. The van der Waals surface area contributed by atoms with Crippen LogP contribution in [-0.4, -0.2) is 5.38 Å². The van der Waals surface area contributed by atoms with Gasteiger partial charge in [-0.3, -0.25) is 0 Å². The molecule has 0 aliphatic carbocycles. The third kappa shape index (κ3) is 8.74. The summed E-state index contributed by atoms with van der Waals surface area (Å²) in [5, 5.41) is 0. The van der Waals surface area contributed by atoms with Crippen LogP contribution in [0.3, 0.4) is 0 Å². The number of hydrogen-bond acceptors (Lipinski definition) is 2. The third-order valence-electron chi connectivity index (χ3n) is 0.772. The zero-order valence-corrected chi connectivity index (χ0v) is 24.9. The lowest BCUT2D eigenvalue weighted by Crippen LogP contribution is -2.17. The van der Waals surface area contributed by atoms with Crippen LogP contribution in [0.15, 0.2) is 0 Å². The monoisotopic (exact) mass is 1130 g/mol. The summed E-state index contributed by atoms with van der Waals surface area (Å²) in [5.74, 6) is 0. The fourth-order valence-electron chi connectivity index (χ4n) is 0.184. The molecule has 0 bridgehead atoms. The smallest absolute Gasteiger partial charge is 0.0676 e.